The number of halogens is 2. The van der Waals surface area contributed by atoms with Crippen molar-refractivity contribution in [3.63, 3.8) is 0 Å². The second kappa shape index (κ2) is 10.5. The minimum Gasteiger partial charge on any atom is -0.351 e. The number of carbonyl (C=O) groups excluding carboxylic acids is 2. The van der Waals surface area contributed by atoms with E-state index in [9.17, 15) is 9.59 Å². The number of aryl methyl sites for hydroxylation is 2. The fourth-order valence-electron chi connectivity index (χ4n) is 4.23. The highest BCUT2D eigenvalue weighted by molar-refractivity contribution is 6.30. The lowest BCUT2D eigenvalue weighted by molar-refractivity contribution is -0.126. The molecule has 1 fully saturated rings. The largest absolute Gasteiger partial charge is 0.351 e. The van der Waals surface area contributed by atoms with E-state index in [0.29, 0.717) is 22.2 Å². The molecule has 1 aliphatic carbocycles. The second-order valence-electron chi connectivity index (χ2n) is 8.50. The molecule has 31 heavy (non-hydrogen) atoms. The highest BCUT2D eigenvalue weighted by Gasteiger charge is 2.34. The van der Waals surface area contributed by atoms with Crippen LogP contribution in [0.5, 0.6) is 0 Å². The van der Waals surface area contributed by atoms with Gasteiger partial charge >= 0.3 is 0 Å². The molecular formula is C25H30Cl2N2O2. The molecule has 1 aliphatic rings. The van der Waals surface area contributed by atoms with Crippen molar-refractivity contribution in [2.24, 2.45) is 5.92 Å². The van der Waals surface area contributed by atoms with Crippen LogP contribution < -0.4 is 10.2 Å². The summed E-state index contributed by atoms with van der Waals surface area (Å²) < 4.78 is 0. The van der Waals surface area contributed by atoms with Gasteiger partial charge in [-0.15, -0.1) is 11.6 Å². The van der Waals surface area contributed by atoms with Gasteiger partial charge in [0, 0.05) is 16.8 Å². The van der Waals surface area contributed by atoms with Gasteiger partial charge in [-0.25, -0.2) is 0 Å². The number of anilines is 1. The Labute approximate surface area is 194 Å². The van der Waals surface area contributed by atoms with Gasteiger partial charge in [0.1, 0.15) is 11.9 Å². The van der Waals surface area contributed by atoms with Crippen LogP contribution in [0.1, 0.15) is 55.3 Å². The van der Waals surface area contributed by atoms with E-state index >= 15 is 0 Å². The maximum absolute atomic E-state index is 13.6. The van der Waals surface area contributed by atoms with Crippen molar-refractivity contribution in [2.45, 2.75) is 58.5 Å². The standard InChI is InChI=1S/C25H30Cl2N2O2/c1-16-8-13-21(14-18(16)3)29(23(30)15-26)24(19-9-11-20(27)12-10-19)25(31)28-22-7-5-4-6-17(22)2/h8-14,17,22,24H,4-7,15H2,1-3H3,(H,28,31). The van der Waals surface area contributed by atoms with Crippen molar-refractivity contribution in [2.75, 3.05) is 10.8 Å². The van der Waals surface area contributed by atoms with Crippen molar-refractivity contribution >= 4 is 40.7 Å². The summed E-state index contributed by atoms with van der Waals surface area (Å²) in [5, 5.41) is 3.80. The Morgan fingerprint density at radius 3 is 2.35 bits per heavy atom. The van der Waals surface area contributed by atoms with Crippen molar-refractivity contribution in [1.29, 1.82) is 0 Å². The minimum atomic E-state index is -0.834. The highest BCUT2D eigenvalue weighted by atomic mass is 35.5. The molecule has 0 aromatic heterocycles. The number of carbonyl (C=O) groups is 2. The van der Waals surface area contributed by atoms with Crippen LogP contribution in [0.15, 0.2) is 42.5 Å². The summed E-state index contributed by atoms with van der Waals surface area (Å²) in [5.41, 5.74) is 3.51. The van der Waals surface area contributed by atoms with E-state index in [1.54, 1.807) is 24.3 Å². The maximum atomic E-state index is 13.6. The Bertz CT molecular complexity index is 930. The van der Waals surface area contributed by atoms with Gasteiger partial charge in [0.05, 0.1) is 0 Å². The molecule has 3 atom stereocenters. The first-order chi connectivity index (χ1) is 14.8. The first-order valence-electron chi connectivity index (χ1n) is 10.8. The molecule has 2 aromatic rings. The number of amides is 2. The zero-order valence-corrected chi connectivity index (χ0v) is 19.8. The summed E-state index contributed by atoms with van der Waals surface area (Å²) in [6, 6.07) is 12.1. The Kier molecular flexibility index (Phi) is 8.01. The van der Waals surface area contributed by atoms with Crippen LogP contribution in [0.25, 0.3) is 0 Å². The first kappa shape index (κ1) is 23.6. The first-order valence-corrected chi connectivity index (χ1v) is 11.7. The lowest BCUT2D eigenvalue weighted by Gasteiger charge is -2.35. The van der Waals surface area contributed by atoms with Crippen LogP contribution in [0.4, 0.5) is 5.69 Å². The number of nitrogens with one attached hydrogen (secondary N) is 1. The summed E-state index contributed by atoms with van der Waals surface area (Å²) in [6.07, 6.45) is 4.33. The summed E-state index contributed by atoms with van der Waals surface area (Å²) in [5.74, 6) is -0.332. The zero-order valence-electron chi connectivity index (χ0n) is 18.3. The molecule has 3 rings (SSSR count). The lowest BCUT2D eigenvalue weighted by Crippen LogP contribution is -2.49. The van der Waals surface area contributed by atoms with Crippen LogP contribution in [-0.2, 0) is 9.59 Å². The third-order valence-corrected chi connectivity index (χ3v) is 6.76. The molecule has 0 aliphatic heterocycles. The van der Waals surface area contributed by atoms with Crippen molar-refractivity contribution in [1.82, 2.24) is 5.32 Å². The van der Waals surface area contributed by atoms with Crippen molar-refractivity contribution in [3.05, 3.63) is 64.2 Å². The molecule has 0 saturated heterocycles. The minimum absolute atomic E-state index is 0.101. The van der Waals surface area contributed by atoms with E-state index in [1.807, 2.05) is 32.0 Å². The molecule has 3 unspecified atom stereocenters. The lowest BCUT2D eigenvalue weighted by atomic mass is 9.85. The quantitative estimate of drug-likeness (QED) is 0.540. The van der Waals surface area contributed by atoms with E-state index in [1.165, 1.54) is 11.3 Å². The predicted octanol–water partition coefficient (Wildman–Crippen LogP) is 5.96. The molecule has 1 N–H and O–H groups in total. The van der Waals surface area contributed by atoms with Crippen LogP contribution in [0, 0.1) is 19.8 Å². The van der Waals surface area contributed by atoms with Crippen LogP contribution >= 0.6 is 23.2 Å². The number of hydrogen-bond acceptors (Lipinski definition) is 2. The Morgan fingerprint density at radius 2 is 1.74 bits per heavy atom. The topological polar surface area (TPSA) is 49.4 Å². The molecule has 2 amide bonds. The van der Waals surface area contributed by atoms with Gasteiger partial charge in [-0.05, 0) is 73.6 Å². The molecule has 2 aromatic carbocycles. The summed E-state index contributed by atoms with van der Waals surface area (Å²) >= 11 is 12.1. The average Bonchev–Trinajstić information content (AvgIpc) is 2.76. The summed E-state index contributed by atoms with van der Waals surface area (Å²) in [4.78, 5) is 28.2. The van der Waals surface area contributed by atoms with Crippen molar-refractivity contribution in [3.8, 4) is 0 Å². The Hall–Kier alpha value is -2.04. The van der Waals surface area contributed by atoms with Gasteiger partial charge in [-0.3, -0.25) is 14.5 Å². The smallest absolute Gasteiger partial charge is 0.248 e. The van der Waals surface area contributed by atoms with Gasteiger partial charge in [0.2, 0.25) is 11.8 Å². The van der Waals surface area contributed by atoms with E-state index in [-0.39, 0.29) is 23.7 Å². The zero-order chi connectivity index (χ0) is 22.5. The molecular weight excluding hydrogens is 431 g/mol. The molecule has 0 heterocycles. The van der Waals surface area contributed by atoms with E-state index < -0.39 is 6.04 Å². The van der Waals surface area contributed by atoms with Crippen LogP contribution in [-0.4, -0.2) is 23.7 Å². The molecule has 6 heteroatoms. The number of rotatable bonds is 6. The highest BCUT2D eigenvalue weighted by Crippen LogP contribution is 2.32. The molecule has 0 spiro atoms. The number of nitrogens with zero attached hydrogens (tertiary/aromatic N) is 1. The molecule has 166 valence electrons. The summed E-state index contributed by atoms with van der Waals surface area (Å²) in [6.45, 7) is 6.18. The monoisotopic (exact) mass is 460 g/mol. The predicted molar refractivity (Wildman–Crippen MR) is 128 cm³/mol. The average molecular weight is 461 g/mol. The SMILES string of the molecule is Cc1ccc(N(C(=O)CCl)C(C(=O)NC2CCCCC2C)c2ccc(Cl)cc2)cc1C. The number of alkyl halides is 1. The number of benzene rings is 2. The molecule has 0 radical (unpaired) electrons. The van der Waals surface area contributed by atoms with E-state index in [4.69, 9.17) is 23.2 Å². The third kappa shape index (κ3) is 5.61. The Balaban J connectivity index is 2.04. The second-order valence-corrected chi connectivity index (χ2v) is 9.20. The van der Waals surface area contributed by atoms with Crippen LogP contribution in [0.2, 0.25) is 5.02 Å². The van der Waals surface area contributed by atoms with Crippen LogP contribution in [0.3, 0.4) is 0 Å². The van der Waals surface area contributed by atoms with Crippen molar-refractivity contribution < 1.29 is 9.59 Å². The Morgan fingerprint density at radius 1 is 1.06 bits per heavy atom. The molecule has 1 saturated carbocycles. The van der Waals surface area contributed by atoms with Gasteiger partial charge in [0.15, 0.2) is 0 Å². The third-order valence-electron chi connectivity index (χ3n) is 6.28. The van der Waals surface area contributed by atoms with E-state index in [2.05, 4.69) is 12.2 Å². The molecule has 0 bridgehead atoms. The van der Waals surface area contributed by atoms with Gasteiger partial charge in [-0.2, -0.15) is 0 Å². The van der Waals surface area contributed by atoms with Gasteiger partial charge in [-0.1, -0.05) is 49.6 Å². The fourth-order valence-corrected chi connectivity index (χ4v) is 4.49. The fraction of sp³-hybridized carbons (Fsp3) is 0.440. The number of hydrogen-bond donors (Lipinski definition) is 1. The van der Waals surface area contributed by atoms with Gasteiger partial charge < -0.3 is 5.32 Å². The normalized spacial score (nSPS) is 19.5. The summed E-state index contributed by atoms with van der Waals surface area (Å²) in [7, 11) is 0. The van der Waals surface area contributed by atoms with Gasteiger partial charge in [0.25, 0.3) is 0 Å². The molecule has 4 nitrogen and oxygen atoms in total. The van der Waals surface area contributed by atoms with E-state index in [0.717, 1.165) is 30.4 Å². The maximum Gasteiger partial charge on any atom is 0.248 e.